The Labute approximate surface area is 112 Å². The summed E-state index contributed by atoms with van der Waals surface area (Å²) in [6.07, 6.45) is 0. The van der Waals surface area contributed by atoms with Gasteiger partial charge in [-0.1, -0.05) is 39.8 Å². The SMILES string of the molecule is CC.CC.Cc1ccc2c(C)c(C)c(C)nc2c1. The minimum absolute atomic E-state index is 1.12. The third kappa shape index (κ3) is 3.56. The van der Waals surface area contributed by atoms with Gasteiger partial charge in [0.2, 0.25) is 0 Å². The number of pyridine rings is 1. The Bertz CT molecular complexity index is 498. The highest BCUT2D eigenvalue weighted by Crippen LogP contribution is 2.22. The van der Waals surface area contributed by atoms with Crippen molar-refractivity contribution in [1.29, 1.82) is 0 Å². The fraction of sp³-hybridized carbons (Fsp3) is 0.471. The van der Waals surface area contributed by atoms with Crippen LogP contribution in [0.15, 0.2) is 18.2 Å². The lowest BCUT2D eigenvalue weighted by Gasteiger charge is -2.08. The standard InChI is InChI=1S/C13H15N.2C2H6/c1-8-5-6-12-10(3)9(2)11(4)14-13(12)7-8;2*1-2/h5-7H,1-4H3;2*1-2H3. The second-order valence-electron chi connectivity index (χ2n) is 3.97. The van der Waals surface area contributed by atoms with Crippen LogP contribution < -0.4 is 0 Å². The molecule has 2 aromatic rings. The number of benzene rings is 1. The molecule has 0 aliphatic carbocycles. The highest BCUT2D eigenvalue weighted by Gasteiger charge is 2.04. The Morgan fingerprint density at radius 2 is 1.33 bits per heavy atom. The maximum absolute atomic E-state index is 4.60. The zero-order valence-electron chi connectivity index (χ0n) is 13.2. The lowest BCUT2D eigenvalue weighted by atomic mass is 10.0. The maximum atomic E-state index is 4.60. The van der Waals surface area contributed by atoms with Crippen molar-refractivity contribution in [2.75, 3.05) is 0 Å². The van der Waals surface area contributed by atoms with Crippen LogP contribution in [0.3, 0.4) is 0 Å². The highest BCUT2D eigenvalue weighted by atomic mass is 14.7. The van der Waals surface area contributed by atoms with Gasteiger partial charge >= 0.3 is 0 Å². The summed E-state index contributed by atoms with van der Waals surface area (Å²) in [6, 6.07) is 6.46. The molecule has 0 saturated carbocycles. The molecule has 1 aromatic carbocycles. The van der Waals surface area contributed by atoms with E-state index in [2.05, 4.69) is 50.9 Å². The molecule has 0 atom stereocenters. The van der Waals surface area contributed by atoms with E-state index in [1.54, 1.807) is 0 Å². The van der Waals surface area contributed by atoms with Crippen LogP contribution in [0.5, 0.6) is 0 Å². The molecule has 0 aliphatic heterocycles. The Kier molecular flexibility index (Phi) is 7.26. The highest BCUT2D eigenvalue weighted by molar-refractivity contribution is 5.83. The van der Waals surface area contributed by atoms with E-state index >= 15 is 0 Å². The number of rotatable bonds is 0. The first-order valence-electron chi connectivity index (χ1n) is 6.94. The summed E-state index contributed by atoms with van der Waals surface area (Å²) >= 11 is 0. The average Bonchev–Trinajstić information content (AvgIpc) is 2.40. The van der Waals surface area contributed by atoms with E-state index in [1.807, 2.05) is 27.7 Å². The summed E-state index contributed by atoms with van der Waals surface area (Å²) in [6.45, 7) is 16.5. The Morgan fingerprint density at radius 3 is 1.89 bits per heavy atom. The van der Waals surface area contributed by atoms with Gasteiger partial charge in [-0.25, -0.2) is 0 Å². The van der Waals surface area contributed by atoms with E-state index < -0.39 is 0 Å². The van der Waals surface area contributed by atoms with E-state index in [4.69, 9.17) is 0 Å². The average molecular weight is 245 g/mol. The largest absolute Gasteiger partial charge is 0.253 e. The predicted molar refractivity (Wildman–Crippen MR) is 83.4 cm³/mol. The van der Waals surface area contributed by atoms with Gasteiger partial charge in [0.1, 0.15) is 0 Å². The second kappa shape index (κ2) is 7.86. The van der Waals surface area contributed by atoms with Crippen molar-refractivity contribution in [3.8, 4) is 0 Å². The molecule has 0 radical (unpaired) electrons. The number of hydrogen-bond donors (Lipinski definition) is 0. The number of aromatic nitrogens is 1. The minimum atomic E-state index is 1.12. The Balaban J connectivity index is 0.000000659. The van der Waals surface area contributed by atoms with Gasteiger partial charge in [-0.2, -0.15) is 0 Å². The van der Waals surface area contributed by atoms with Gasteiger partial charge in [0.25, 0.3) is 0 Å². The van der Waals surface area contributed by atoms with Crippen molar-refractivity contribution < 1.29 is 0 Å². The third-order valence-corrected chi connectivity index (χ3v) is 2.95. The summed E-state index contributed by atoms with van der Waals surface area (Å²) in [7, 11) is 0. The van der Waals surface area contributed by atoms with Gasteiger partial charge in [0.15, 0.2) is 0 Å². The van der Waals surface area contributed by atoms with Crippen LogP contribution in [0.4, 0.5) is 0 Å². The maximum Gasteiger partial charge on any atom is 0.0710 e. The van der Waals surface area contributed by atoms with Crippen LogP contribution in [0, 0.1) is 27.7 Å². The molecule has 2 rings (SSSR count). The molecular formula is C17H27N. The number of aryl methyl sites for hydroxylation is 3. The molecule has 1 aromatic heterocycles. The predicted octanol–water partition coefficient (Wildman–Crippen LogP) is 5.52. The summed E-state index contributed by atoms with van der Waals surface area (Å²) in [5, 5.41) is 1.28. The van der Waals surface area contributed by atoms with E-state index in [9.17, 15) is 0 Å². The first-order valence-corrected chi connectivity index (χ1v) is 6.94. The normalized spacial score (nSPS) is 9.11. The van der Waals surface area contributed by atoms with Crippen molar-refractivity contribution >= 4 is 10.9 Å². The molecule has 0 spiro atoms. The second-order valence-corrected chi connectivity index (χ2v) is 3.97. The molecule has 0 unspecified atom stereocenters. The van der Waals surface area contributed by atoms with Crippen molar-refractivity contribution in [2.24, 2.45) is 0 Å². The van der Waals surface area contributed by atoms with Crippen molar-refractivity contribution in [2.45, 2.75) is 55.4 Å². The van der Waals surface area contributed by atoms with Crippen molar-refractivity contribution in [1.82, 2.24) is 4.98 Å². The van der Waals surface area contributed by atoms with Crippen LogP contribution in [0.1, 0.15) is 50.1 Å². The smallest absolute Gasteiger partial charge is 0.0710 e. The third-order valence-electron chi connectivity index (χ3n) is 2.95. The van der Waals surface area contributed by atoms with Gasteiger partial charge in [0, 0.05) is 11.1 Å². The molecule has 18 heavy (non-hydrogen) atoms. The number of nitrogens with zero attached hydrogens (tertiary/aromatic N) is 1. The molecule has 0 amide bonds. The van der Waals surface area contributed by atoms with Crippen LogP contribution >= 0.6 is 0 Å². The van der Waals surface area contributed by atoms with Crippen molar-refractivity contribution in [3.05, 3.63) is 40.6 Å². The van der Waals surface area contributed by atoms with Crippen LogP contribution in [0.25, 0.3) is 10.9 Å². The van der Waals surface area contributed by atoms with Gasteiger partial charge in [0.05, 0.1) is 5.52 Å². The van der Waals surface area contributed by atoms with Crippen molar-refractivity contribution in [3.63, 3.8) is 0 Å². The summed E-state index contributed by atoms with van der Waals surface area (Å²) in [4.78, 5) is 4.60. The quantitative estimate of drug-likeness (QED) is 0.595. The minimum Gasteiger partial charge on any atom is -0.253 e. The van der Waals surface area contributed by atoms with E-state index in [-0.39, 0.29) is 0 Å². The van der Waals surface area contributed by atoms with Crippen LogP contribution in [-0.2, 0) is 0 Å². The van der Waals surface area contributed by atoms with Gasteiger partial charge in [-0.05, 0) is 50.5 Å². The number of hydrogen-bond acceptors (Lipinski definition) is 1. The van der Waals surface area contributed by atoms with E-state index in [1.165, 1.54) is 22.1 Å². The molecule has 1 nitrogen and oxygen atoms in total. The zero-order chi connectivity index (χ0) is 14.3. The summed E-state index contributed by atoms with van der Waals surface area (Å²) in [5.74, 6) is 0. The Morgan fingerprint density at radius 1 is 0.778 bits per heavy atom. The molecule has 0 N–H and O–H groups in total. The topological polar surface area (TPSA) is 12.9 Å². The van der Waals surface area contributed by atoms with Gasteiger partial charge < -0.3 is 0 Å². The van der Waals surface area contributed by atoms with Crippen LogP contribution in [0.2, 0.25) is 0 Å². The molecule has 100 valence electrons. The Hall–Kier alpha value is -1.37. The monoisotopic (exact) mass is 245 g/mol. The lowest BCUT2D eigenvalue weighted by Crippen LogP contribution is -1.93. The zero-order valence-corrected chi connectivity index (χ0v) is 13.2. The molecule has 0 fully saturated rings. The molecule has 0 aliphatic rings. The molecule has 0 bridgehead atoms. The molecule has 0 saturated heterocycles. The lowest BCUT2D eigenvalue weighted by molar-refractivity contribution is 1.16. The van der Waals surface area contributed by atoms with Gasteiger partial charge in [-0.15, -0.1) is 0 Å². The molecule has 1 heteroatoms. The summed E-state index contributed by atoms with van der Waals surface area (Å²) < 4.78 is 0. The van der Waals surface area contributed by atoms with Crippen LogP contribution in [-0.4, -0.2) is 4.98 Å². The first kappa shape index (κ1) is 16.6. The van der Waals surface area contributed by atoms with Gasteiger partial charge in [-0.3, -0.25) is 4.98 Å². The fourth-order valence-corrected chi connectivity index (χ4v) is 1.79. The number of fused-ring (bicyclic) bond motifs is 1. The van der Waals surface area contributed by atoms with E-state index in [0.29, 0.717) is 0 Å². The van der Waals surface area contributed by atoms with E-state index in [0.717, 1.165) is 11.2 Å². The molecule has 1 heterocycles. The first-order chi connectivity index (χ1) is 8.59. The molecular weight excluding hydrogens is 218 g/mol. The fourth-order valence-electron chi connectivity index (χ4n) is 1.79. The summed E-state index contributed by atoms with van der Waals surface area (Å²) in [5.41, 5.74) is 6.19.